The molecule has 0 atom stereocenters. The molecule has 0 unspecified atom stereocenters. The Balaban J connectivity index is 0.00000171. The van der Waals surface area contributed by atoms with Crippen LogP contribution in [0.5, 0.6) is 0 Å². The second-order valence-electron chi connectivity index (χ2n) is 7.62. The molecule has 0 radical (unpaired) electrons. The molecule has 1 aromatic heterocycles. The van der Waals surface area contributed by atoms with Crippen molar-refractivity contribution in [3.63, 3.8) is 0 Å². The topological polar surface area (TPSA) is 45.2 Å². The minimum atomic E-state index is -0.286. The number of nitrogens with zero attached hydrogens (tertiary/aromatic N) is 2. The number of para-hydroxylation sites is 1. The number of pyridine rings is 1. The second-order valence-corrected chi connectivity index (χ2v) is 7.62. The smallest absolute Gasteiger partial charge is 0.254 e. The number of carbonyl (C=O) groups is 1. The van der Waals surface area contributed by atoms with E-state index in [1.807, 2.05) is 35.2 Å². The average molecular weight is 464 g/mol. The predicted molar refractivity (Wildman–Crippen MR) is 129 cm³/mol. The Kier molecular flexibility index (Phi) is 9.23. The van der Waals surface area contributed by atoms with Gasteiger partial charge in [0.1, 0.15) is 5.82 Å². The Morgan fingerprint density at radius 2 is 1.77 bits per heavy atom. The van der Waals surface area contributed by atoms with Crippen LogP contribution in [0.1, 0.15) is 30.1 Å². The van der Waals surface area contributed by atoms with E-state index in [0.717, 1.165) is 55.5 Å². The third-order valence-corrected chi connectivity index (χ3v) is 5.67. The summed E-state index contributed by atoms with van der Waals surface area (Å²) >= 11 is 0. The van der Waals surface area contributed by atoms with Crippen LogP contribution in [0.15, 0.2) is 54.6 Å². The van der Waals surface area contributed by atoms with Crippen LogP contribution in [0.2, 0.25) is 0 Å². The van der Waals surface area contributed by atoms with Crippen molar-refractivity contribution in [2.45, 2.75) is 19.8 Å². The molecule has 2 aromatic carbocycles. The van der Waals surface area contributed by atoms with Crippen LogP contribution in [0.4, 0.5) is 4.39 Å². The van der Waals surface area contributed by atoms with Gasteiger partial charge in [-0.3, -0.25) is 4.79 Å². The first-order chi connectivity index (χ1) is 14.2. The maximum atomic E-state index is 13.4. The number of likely N-dealkylation sites (tertiary alicyclic amines) is 1. The van der Waals surface area contributed by atoms with Gasteiger partial charge in [0.05, 0.1) is 16.8 Å². The van der Waals surface area contributed by atoms with E-state index < -0.39 is 0 Å². The van der Waals surface area contributed by atoms with Gasteiger partial charge in [0.25, 0.3) is 5.91 Å². The highest BCUT2D eigenvalue weighted by atomic mass is 35.5. The summed E-state index contributed by atoms with van der Waals surface area (Å²) in [5, 5.41) is 4.27. The van der Waals surface area contributed by atoms with Gasteiger partial charge >= 0.3 is 0 Å². The summed E-state index contributed by atoms with van der Waals surface area (Å²) < 4.78 is 13.3. The summed E-state index contributed by atoms with van der Waals surface area (Å²) in [7, 11) is 0. The van der Waals surface area contributed by atoms with Crippen LogP contribution in [0.25, 0.3) is 22.2 Å². The number of piperidine rings is 1. The van der Waals surface area contributed by atoms with Crippen molar-refractivity contribution in [3.8, 4) is 11.3 Å². The zero-order valence-corrected chi connectivity index (χ0v) is 19.1. The molecule has 166 valence electrons. The number of rotatable bonds is 5. The Morgan fingerprint density at radius 3 is 2.45 bits per heavy atom. The summed E-state index contributed by atoms with van der Waals surface area (Å²) in [4.78, 5) is 20.1. The standard InChI is InChI=1S/C24H26FN3O.2ClH/c1-2-26-16-17-11-13-28(14-12-17)24(29)21-15-23(18-7-9-19(25)10-8-18)27-22-6-4-3-5-20(21)22;;/h3-10,15,17,26H,2,11-14,16H2,1H3;2*1H. The van der Waals surface area contributed by atoms with Crippen molar-refractivity contribution < 1.29 is 9.18 Å². The molecule has 1 N–H and O–H groups in total. The van der Waals surface area contributed by atoms with Crippen molar-refractivity contribution >= 4 is 41.6 Å². The quantitative estimate of drug-likeness (QED) is 0.554. The molecule has 0 bridgehead atoms. The number of hydrogen-bond acceptors (Lipinski definition) is 3. The molecule has 3 aromatic rings. The molecule has 0 aliphatic carbocycles. The van der Waals surface area contributed by atoms with Crippen LogP contribution in [-0.2, 0) is 0 Å². The summed E-state index contributed by atoms with van der Waals surface area (Å²) in [5.74, 6) is 0.392. The van der Waals surface area contributed by atoms with Gasteiger partial charge in [-0.2, -0.15) is 0 Å². The Labute approximate surface area is 195 Å². The van der Waals surface area contributed by atoms with Crippen molar-refractivity contribution in [1.29, 1.82) is 0 Å². The molecule has 31 heavy (non-hydrogen) atoms. The van der Waals surface area contributed by atoms with E-state index in [-0.39, 0.29) is 36.5 Å². The summed E-state index contributed by atoms with van der Waals surface area (Å²) in [6, 6.07) is 15.8. The number of hydrogen-bond donors (Lipinski definition) is 1. The van der Waals surface area contributed by atoms with Gasteiger partial charge in [0.15, 0.2) is 0 Å². The van der Waals surface area contributed by atoms with E-state index >= 15 is 0 Å². The van der Waals surface area contributed by atoms with Crippen LogP contribution >= 0.6 is 24.8 Å². The lowest BCUT2D eigenvalue weighted by molar-refractivity contribution is 0.0692. The molecule has 4 rings (SSSR count). The molecule has 0 saturated carbocycles. The van der Waals surface area contributed by atoms with E-state index in [0.29, 0.717) is 17.2 Å². The van der Waals surface area contributed by atoms with Gasteiger partial charge in [0, 0.05) is 24.0 Å². The first-order valence-corrected chi connectivity index (χ1v) is 10.3. The number of halogens is 3. The third kappa shape index (κ3) is 5.73. The number of fused-ring (bicyclic) bond motifs is 1. The SMILES string of the molecule is CCNCC1CCN(C(=O)c2cc(-c3ccc(F)cc3)nc3ccccc23)CC1.Cl.Cl. The molecule has 1 amide bonds. The van der Waals surface area contributed by atoms with Gasteiger partial charge in [-0.1, -0.05) is 25.1 Å². The van der Waals surface area contributed by atoms with Crippen LogP contribution in [0.3, 0.4) is 0 Å². The van der Waals surface area contributed by atoms with Crippen LogP contribution in [0, 0.1) is 11.7 Å². The van der Waals surface area contributed by atoms with Gasteiger partial charge in [-0.15, -0.1) is 24.8 Å². The number of carbonyl (C=O) groups excluding carboxylic acids is 1. The third-order valence-electron chi connectivity index (χ3n) is 5.67. The van der Waals surface area contributed by atoms with Crippen molar-refractivity contribution in [2.75, 3.05) is 26.2 Å². The fourth-order valence-corrected chi connectivity index (χ4v) is 3.98. The molecule has 0 spiro atoms. The summed E-state index contributed by atoms with van der Waals surface area (Å²) in [6.07, 6.45) is 2.04. The number of amides is 1. The van der Waals surface area contributed by atoms with Gasteiger partial charge in [0.2, 0.25) is 0 Å². The van der Waals surface area contributed by atoms with E-state index in [1.165, 1.54) is 12.1 Å². The summed E-state index contributed by atoms with van der Waals surface area (Å²) in [6.45, 7) is 5.67. The van der Waals surface area contributed by atoms with Crippen molar-refractivity contribution in [1.82, 2.24) is 15.2 Å². The predicted octanol–water partition coefficient (Wildman–Crippen LogP) is 5.35. The molecule has 1 aliphatic rings. The largest absolute Gasteiger partial charge is 0.339 e. The minimum Gasteiger partial charge on any atom is -0.339 e. The van der Waals surface area contributed by atoms with Crippen molar-refractivity contribution in [3.05, 3.63) is 66.0 Å². The van der Waals surface area contributed by atoms with E-state index in [1.54, 1.807) is 12.1 Å². The van der Waals surface area contributed by atoms with E-state index in [4.69, 9.17) is 4.98 Å². The van der Waals surface area contributed by atoms with Gasteiger partial charge < -0.3 is 10.2 Å². The first-order valence-electron chi connectivity index (χ1n) is 10.3. The Bertz CT molecular complexity index is 1010. The second kappa shape index (κ2) is 11.4. The zero-order chi connectivity index (χ0) is 20.2. The molecule has 1 aliphatic heterocycles. The molecule has 2 heterocycles. The highest BCUT2D eigenvalue weighted by Gasteiger charge is 2.25. The van der Waals surface area contributed by atoms with E-state index in [9.17, 15) is 9.18 Å². The number of aromatic nitrogens is 1. The van der Waals surface area contributed by atoms with Crippen LogP contribution in [-0.4, -0.2) is 42.0 Å². The lowest BCUT2D eigenvalue weighted by Crippen LogP contribution is -2.40. The fraction of sp³-hybridized carbons (Fsp3) is 0.333. The molecular formula is C24H28Cl2FN3O. The number of benzene rings is 2. The maximum absolute atomic E-state index is 13.4. The van der Waals surface area contributed by atoms with Gasteiger partial charge in [-0.25, -0.2) is 9.37 Å². The highest BCUT2D eigenvalue weighted by Crippen LogP contribution is 2.27. The maximum Gasteiger partial charge on any atom is 0.254 e. The normalized spacial score (nSPS) is 14.1. The zero-order valence-electron chi connectivity index (χ0n) is 17.5. The minimum absolute atomic E-state index is 0. The molecule has 1 saturated heterocycles. The highest BCUT2D eigenvalue weighted by molar-refractivity contribution is 6.07. The lowest BCUT2D eigenvalue weighted by atomic mass is 9.95. The Hall–Kier alpha value is -2.21. The van der Waals surface area contributed by atoms with Crippen molar-refractivity contribution in [2.24, 2.45) is 5.92 Å². The fourth-order valence-electron chi connectivity index (χ4n) is 3.98. The van der Waals surface area contributed by atoms with E-state index in [2.05, 4.69) is 12.2 Å². The first kappa shape index (κ1) is 25.1. The summed E-state index contributed by atoms with van der Waals surface area (Å²) in [5.41, 5.74) is 2.93. The van der Waals surface area contributed by atoms with Crippen LogP contribution < -0.4 is 5.32 Å². The molecule has 7 heteroatoms. The average Bonchev–Trinajstić information content (AvgIpc) is 2.77. The molecule has 1 fully saturated rings. The molecular weight excluding hydrogens is 436 g/mol. The Morgan fingerprint density at radius 1 is 1.10 bits per heavy atom. The monoisotopic (exact) mass is 463 g/mol. The molecule has 4 nitrogen and oxygen atoms in total. The lowest BCUT2D eigenvalue weighted by Gasteiger charge is -2.32. The number of nitrogens with one attached hydrogen (secondary N) is 1. The van der Waals surface area contributed by atoms with Gasteiger partial charge in [-0.05, 0) is 68.2 Å².